The number of nitrogens with one attached hydrogen (secondary N) is 4. The molecule has 0 radical (unpaired) electrons. The van der Waals surface area contributed by atoms with E-state index in [1.807, 2.05) is 0 Å². The van der Waals surface area contributed by atoms with E-state index in [4.69, 9.17) is 34.8 Å². The van der Waals surface area contributed by atoms with E-state index in [1.54, 1.807) is 37.3 Å². The van der Waals surface area contributed by atoms with Crippen molar-refractivity contribution in [2.24, 2.45) is 0 Å². The first kappa shape index (κ1) is 22.1. The van der Waals surface area contributed by atoms with Crippen LogP contribution in [0.15, 0.2) is 41.2 Å². The molecule has 0 bridgehead atoms. The number of nitrogens with zero attached hydrogens (tertiary/aromatic N) is 1. The van der Waals surface area contributed by atoms with Gasteiger partial charge in [0.2, 0.25) is 17.8 Å². The third-order valence-corrected chi connectivity index (χ3v) is 5.93. The van der Waals surface area contributed by atoms with Gasteiger partial charge in [-0.05, 0) is 42.8 Å². The van der Waals surface area contributed by atoms with E-state index in [-0.39, 0.29) is 23.8 Å². The number of hydrogen-bond donors (Lipinski definition) is 4. The largest absolute Gasteiger partial charge is 0.325 e. The Bertz CT molecular complexity index is 1310. The third kappa shape index (κ3) is 4.43. The molecule has 164 valence electrons. The second-order valence-corrected chi connectivity index (χ2v) is 8.38. The Morgan fingerprint density at radius 1 is 1.09 bits per heavy atom. The van der Waals surface area contributed by atoms with Crippen LogP contribution < -0.4 is 21.5 Å². The maximum Gasteiger partial charge on any atom is 0.258 e. The highest BCUT2D eigenvalue weighted by atomic mass is 35.5. The molecule has 2 amide bonds. The molecule has 1 aliphatic rings. The van der Waals surface area contributed by atoms with Crippen LogP contribution in [0.2, 0.25) is 15.1 Å². The van der Waals surface area contributed by atoms with Crippen molar-refractivity contribution in [3.8, 4) is 0 Å². The maximum atomic E-state index is 13.0. The van der Waals surface area contributed by atoms with Crippen LogP contribution in [0, 0.1) is 6.92 Å². The Morgan fingerprint density at radius 3 is 2.62 bits per heavy atom. The van der Waals surface area contributed by atoms with Gasteiger partial charge in [0.25, 0.3) is 5.56 Å². The number of aromatic nitrogens is 2. The van der Waals surface area contributed by atoms with Gasteiger partial charge >= 0.3 is 0 Å². The fourth-order valence-electron chi connectivity index (χ4n) is 3.34. The van der Waals surface area contributed by atoms with Crippen LogP contribution in [0.5, 0.6) is 0 Å². The summed E-state index contributed by atoms with van der Waals surface area (Å²) in [5, 5.41) is 9.43. The first-order chi connectivity index (χ1) is 15.2. The summed E-state index contributed by atoms with van der Waals surface area (Å²) in [6.45, 7) is 1.76. The van der Waals surface area contributed by atoms with Crippen molar-refractivity contribution in [3.63, 3.8) is 0 Å². The fraction of sp³-hybridized carbons (Fsp3) is 0.143. The van der Waals surface area contributed by atoms with Crippen molar-refractivity contribution >= 4 is 69.8 Å². The lowest BCUT2D eigenvalue weighted by Gasteiger charge is -2.24. The van der Waals surface area contributed by atoms with Gasteiger partial charge in [-0.25, -0.2) is 0 Å². The van der Waals surface area contributed by atoms with Gasteiger partial charge in [0.15, 0.2) is 0 Å². The second-order valence-electron chi connectivity index (χ2n) is 7.13. The van der Waals surface area contributed by atoms with Crippen molar-refractivity contribution in [1.82, 2.24) is 9.97 Å². The van der Waals surface area contributed by atoms with Crippen LogP contribution >= 0.6 is 34.8 Å². The van der Waals surface area contributed by atoms with Crippen molar-refractivity contribution in [3.05, 3.63) is 72.9 Å². The Balaban J connectivity index is 1.66. The molecule has 8 nitrogen and oxygen atoms in total. The van der Waals surface area contributed by atoms with Gasteiger partial charge in [-0.2, -0.15) is 4.98 Å². The van der Waals surface area contributed by atoms with Crippen molar-refractivity contribution in [2.45, 2.75) is 19.3 Å². The molecule has 1 aliphatic heterocycles. The van der Waals surface area contributed by atoms with E-state index in [9.17, 15) is 14.4 Å². The second kappa shape index (κ2) is 8.82. The van der Waals surface area contributed by atoms with E-state index < -0.39 is 23.3 Å². The molecule has 0 saturated heterocycles. The number of amides is 2. The molecule has 11 heteroatoms. The fourth-order valence-corrected chi connectivity index (χ4v) is 3.97. The normalized spacial score (nSPS) is 15.0. The van der Waals surface area contributed by atoms with Crippen molar-refractivity contribution in [1.29, 1.82) is 0 Å². The number of aromatic amines is 1. The number of benzene rings is 2. The molecule has 1 unspecified atom stereocenters. The highest BCUT2D eigenvalue weighted by Crippen LogP contribution is 2.32. The zero-order chi connectivity index (χ0) is 23.0. The molecule has 1 aromatic heterocycles. The van der Waals surface area contributed by atoms with E-state index >= 15 is 0 Å². The van der Waals surface area contributed by atoms with Gasteiger partial charge in [0, 0.05) is 22.2 Å². The summed E-state index contributed by atoms with van der Waals surface area (Å²) >= 11 is 18.2. The SMILES string of the molecule is Cc1c(Cl)cccc1NC(=O)C1CC(=O)Nc2nc(Nc3ccc(Cl)cc3Cl)[nH]c(=O)c21. The summed E-state index contributed by atoms with van der Waals surface area (Å²) in [7, 11) is 0. The number of fused-ring (bicyclic) bond motifs is 1. The van der Waals surface area contributed by atoms with Crippen LogP contribution in [0.4, 0.5) is 23.1 Å². The standard InChI is InChI=1S/C21H16Cl3N5O3/c1-9-12(23)3-2-4-14(9)25-19(31)11-8-16(30)27-18-17(11)20(32)29-21(28-18)26-15-6-5-10(22)7-13(15)24/h2-7,11H,8H2,1H3,(H,25,31)(H3,26,27,28,29,30,32). The number of hydrogen-bond acceptors (Lipinski definition) is 5. The first-order valence-electron chi connectivity index (χ1n) is 9.45. The summed E-state index contributed by atoms with van der Waals surface area (Å²) < 4.78 is 0. The summed E-state index contributed by atoms with van der Waals surface area (Å²) in [5.74, 6) is -1.93. The number of rotatable bonds is 4. The molecule has 0 fully saturated rings. The predicted molar refractivity (Wildman–Crippen MR) is 125 cm³/mol. The molecular weight excluding hydrogens is 477 g/mol. The predicted octanol–water partition coefficient (Wildman–Crippen LogP) is 4.85. The minimum atomic E-state index is -1.03. The smallest absolute Gasteiger partial charge is 0.258 e. The molecule has 0 saturated carbocycles. The molecule has 0 spiro atoms. The highest BCUT2D eigenvalue weighted by Gasteiger charge is 2.35. The molecule has 1 atom stereocenters. The Kier molecular flexibility index (Phi) is 6.10. The molecule has 4 N–H and O–H groups in total. The monoisotopic (exact) mass is 491 g/mol. The average Bonchev–Trinajstić information content (AvgIpc) is 2.72. The molecule has 0 aliphatic carbocycles. The van der Waals surface area contributed by atoms with Gasteiger partial charge < -0.3 is 16.0 Å². The quantitative estimate of drug-likeness (QED) is 0.416. The van der Waals surface area contributed by atoms with Crippen LogP contribution in [0.3, 0.4) is 0 Å². The summed E-state index contributed by atoms with van der Waals surface area (Å²) in [5.41, 5.74) is 1.12. The third-order valence-electron chi connectivity index (χ3n) is 4.98. The lowest BCUT2D eigenvalue weighted by molar-refractivity contribution is -0.123. The van der Waals surface area contributed by atoms with Gasteiger partial charge in [0.05, 0.1) is 22.2 Å². The van der Waals surface area contributed by atoms with Gasteiger partial charge in [-0.3, -0.25) is 19.4 Å². The number of H-pyrrole nitrogens is 1. The highest BCUT2D eigenvalue weighted by molar-refractivity contribution is 6.36. The number of halogens is 3. The maximum absolute atomic E-state index is 13.0. The summed E-state index contributed by atoms with van der Waals surface area (Å²) in [4.78, 5) is 45.0. The Morgan fingerprint density at radius 2 is 1.88 bits per heavy atom. The van der Waals surface area contributed by atoms with E-state index in [0.717, 1.165) is 0 Å². The molecule has 2 aromatic carbocycles. The van der Waals surface area contributed by atoms with Crippen molar-refractivity contribution in [2.75, 3.05) is 16.0 Å². The molecule has 32 heavy (non-hydrogen) atoms. The van der Waals surface area contributed by atoms with E-state index in [1.165, 1.54) is 6.07 Å². The van der Waals surface area contributed by atoms with E-state index in [2.05, 4.69) is 25.9 Å². The molecule has 3 aromatic rings. The van der Waals surface area contributed by atoms with Crippen LogP contribution in [0.25, 0.3) is 0 Å². The van der Waals surface area contributed by atoms with Crippen LogP contribution in [0.1, 0.15) is 23.5 Å². The minimum Gasteiger partial charge on any atom is -0.325 e. The average molecular weight is 493 g/mol. The van der Waals surface area contributed by atoms with Gasteiger partial charge in [-0.15, -0.1) is 0 Å². The number of anilines is 4. The molecule has 4 rings (SSSR count). The lowest BCUT2D eigenvalue weighted by Crippen LogP contribution is -2.36. The zero-order valence-corrected chi connectivity index (χ0v) is 18.8. The van der Waals surface area contributed by atoms with Gasteiger partial charge in [-0.1, -0.05) is 40.9 Å². The Hall–Kier alpha value is -3.07. The summed E-state index contributed by atoms with van der Waals surface area (Å²) in [6, 6.07) is 9.85. The summed E-state index contributed by atoms with van der Waals surface area (Å²) in [6.07, 6.45) is -0.195. The van der Waals surface area contributed by atoms with Crippen molar-refractivity contribution < 1.29 is 9.59 Å². The van der Waals surface area contributed by atoms with Crippen LogP contribution in [-0.4, -0.2) is 21.8 Å². The van der Waals surface area contributed by atoms with Gasteiger partial charge in [0.1, 0.15) is 5.82 Å². The number of carbonyl (C=O) groups excluding carboxylic acids is 2. The van der Waals surface area contributed by atoms with Crippen LogP contribution in [-0.2, 0) is 9.59 Å². The minimum absolute atomic E-state index is 0.000511. The Labute approximate surface area is 197 Å². The lowest BCUT2D eigenvalue weighted by atomic mass is 9.92. The zero-order valence-electron chi connectivity index (χ0n) is 16.6. The molecule has 2 heterocycles. The first-order valence-corrected chi connectivity index (χ1v) is 10.6. The number of carbonyl (C=O) groups is 2. The molecular formula is C21H16Cl3N5O3. The van der Waals surface area contributed by atoms with E-state index in [0.29, 0.717) is 32.0 Å². The topological polar surface area (TPSA) is 116 Å².